The van der Waals surface area contributed by atoms with Crippen LogP contribution < -0.4 is 0 Å². The molecule has 0 unspecified atom stereocenters. The van der Waals surface area contributed by atoms with Crippen molar-refractivity contribution < 1.29 is 4.39 Å². The summed E-state index contributed by atoms with van der Waals surface area (Å²) in [5.41, 5.74) is 0.818. The van der Waals surface area contributed by atoms with Crippen LogP contribution in [-0.4, -0.2) is 0 Å². The zero-order valence-corrected chi connectivity index (χ0v) is 9.08. The number of halogens is 3. The molecule has 3 heteroatoms. The van der Waals surface area contributed by atoms with E-state index in [9.17, 15) is 4.39 Å². The van der Waals surface area contributed by atoms with Gasteiger partial charge in [0.15, 0.2) is 0 Å². The van der Waals surface area contributed by atoms with Gasteiger partial charge in [-0.3, -0.25) is 0 Å². The van der Waals surface area contributed by atoms with Gasteiger partial charge in [0.25, 0.3) is 0 Å². The Morgan fingerprint density at radius 2 is 1.85 bits per heavy atom. The summed E-state index contributed by atoms with van der Waals surface area (Å²) in [5, 5.41) is 0.623. The van der Waals surface area contributed by atoms with Gasteiger partial charge in [-0.2, -0.15) is 0 Å². The molecule has 0 amide bonds. The highest BCUT2D eigenvalue weighted by Crippen LogP contribution is 2.25. The van der Waals surface area contributed by atoms with Gasteiger partial charge in [-0.25, -0.2) is 4.39 Å². The summed E-state index contributed by atoms with van der Waals surface area (Å²) in [4.78, 5) is 0. The molecule has 0 N–H and O–H groups in total. The fourth-order valence-electron chi connectivity index (χ4n) is 1.16. The molecular formula is C10H11Cl2F. The van der Waals surface area contributed by atoms with Crippen molar-refractivity contribution in [2.24, 2.45) is 5.92 Å². The third-order valence-electron chi connectivity index (χ3n) is 1.72. The molecule has 1 aromatic carbocycles. The minimum atomic E-state index is -0.401. The summed E-state index contributed by atoms with van der Waals surface area (Å²) in [7, 11) is 0. The van der Waals surface area contributed by atoms with E-state index in [2.05, 4.69) is 13.8 Å². The van der Waals surface area contributed by atoms with Crippen LogP contribution in [-0.2, 0) is 6.42 Å². The Morgan fingerprint density at radius 1 is 1.23 bits per heavy atom. The second kappa shape index (κ2) is 4.30. The highest BCUT2D eigenvalue weighted by Gasteiger charge is 2.08. The summed E-state index contributed by atoms with van der Waals surface area (Å²) in [5.74, 6) is 0.0554. The Balaban J connectivity index is 3.01. The molecule has 0 atom stereocenters. The van der Waals surface area contributed by atoms with E-state index in [-0.39, 0.29) is 5.02 Å². The molecule has 0 nitrogen and oxygen atoms in total. The molecule has 72 valence electrons. The van der Waals surface area contributed by atoms with E-state index in [0.29, 0.717) is 10.9 Å². The normalized spacial score (nSPS) is 10.9. The summed E-state index contributed by atoms with van der Waals surface area (Å²) >= 11 is 11.5. The molecule has 0 bridgehead atoms. The molecule has 0 aliphatic rings. The standard InChI is InChI=1S/C10H11Cl2F/c1-6(2)3-7-4-10(13)9(12)5-8(7)11/h4-6H,3H2,1-2H3. The van der Waals surface area contributed by atoms with Gasteiger partial charge < -0.3 is 0 Å². The van der Waals surface area contributed by atoms with Crippen LogP contribution >= 0.6 is 23.2 Å². The molecule has 1 aromatic rings. The Hall–Kier alpha value is -0.270. The summed E-state index contributed by atoms with van der Waals surface area (Å²) < 4.78 is 13.0. The summed E-state index contributed by atoms with van der Waals surface area (Å²) in [6, 6.07) is 2.86. The lowest BCUT2D eigenvalue weighted by Gasteiger charge is -2.07. The summed E-state index contributed by atoms with van der Waals surface area (Å²) in [6.07, 6.45) is 0.771. The zero-order chi connectivity index (χ0) is 10.0. The smallest absolute Gasteiger partial charge is 0.142 e. The molecule has 0 fully saturated rings. The fourth-order valence-corrected chi connectivity index (χ4v) is 1.62. The van der Waals surface area contributed by atoms with E-state index in [1.807, 2.05) is 0 Å². The third kappa shape index (κ3) is 2.85. The quantitative estimate of drug-likeness (QED) is 0.652. The van der Waals surface area contributed by atoms with Crippen LogP contribution in [0.2, 0.25) is 10.0 Å². The van der Waals surface area contributed by atoms with Crippen molar-refractivity contribution in [1.82, 2.24) is 0 Å². The maximum Gasteiger partial charge on any atom is 0.142 e. The van der Waals surface area contributed by atoms with E-state index in [4.69, 9.17) is 23.2 Å². The number of hydrogen-bond donors (Lipinski definition) is 0. The van der Waals surface area contributed by atoms with Gasteiger partial charge >= 0.3 is 0 Å². The van der Waals surface area contributed by atoms with Gasteiger partial charge in [0.1, 0.15) is 5.82 Å². The minimum Gasteiger partial charge on any atom is -0.205 e. The molecule has 0 aromatic heterocycles. The highest BCUT2D eigenvalue weighted by atomic mass is 35.5. The van der Waals surface area contributed by atoms with Crippen molar-refractivity contribution >= 4 is 23.2 Å². The van der Waals surface area contributed by atoms with Crippen LogP contribution in [0.3, 0.4) is 0 Å². The van der Waals surface area contributed by atoms with Crippen LogP contribution in [0.25, 0.3) is 0 Å². The Labute approximate surface area is 87.7 Å². The first-order valence-corrected chi connectivity index (χ1v) is 4.89. The maximum absolute atomic E-state index is 13.0. The maximum atomic E-state index is 13.0. The molecular weight excluding hydrogens is 210 g/mol. The van der Waals surface area contributed by atoms with Gasteiger partial charge in [-0.05, 0) is 30.0 Å². The molecule has 0 spiro atoms. The second-order valence-electron chi connectivity index (χ2n) is 3.46. The van der Waals surface area contributed by atoms with Gasteiger partial charge in [0, 0.05) is 5.02 Å². The van der Waals surface area contributed by atoms with Gasteiger partial charge in [-0.1, -0.05) is 37.0 Å². The second-order valence-corrected chi connectivity index (χ2v) is 4.27. The van der Waals surface area contributed by atoms with E-state index in [1.165, 1.54) is 12.1 Å². The average Bonchev–Trinajstić information content (AvgIpc) is 1.99. The average molecular weight is 221 g/mol. The van der Waals surface area contributed by atoms with Crippen LogP contribution in [0.15, 0.2) is 12.1 Å². The summed E-state index contributed by atoms with van der Waals surface area (Å²) in [6.45, 7) is 4.12. The van der Waals surface area contributed by atoms with Crippen molar-refractivity contribution in [2.75, 3.05) is 0 Å². The molecule has 0 aliphatic heterocycles. The van der Waals surface area contributed by atoms with E-state index in [1.54, 1.807) is 0 Å². The largest absolute Gasteiger partial charge is 0.205 e. The number of rotatable bonds is 2. The molecule has 0 saturated heterocycles. The van der Waals surface area contributed by atoms with E-state index in [0.717, 1.165) is 12.0 Å². The molecule has 0 saturated carbocycles. The van der Waals surface area contributed by atoms with Crippen molar-refractivity contribution in [3.8, 4) is 0 Å². The van der Waals surface area contributed by atoms with Crippen molar-refractivity contribution in [3.05, 3.63) is 33.6 Å². The van der Waals surface area contributed by atoms with Crippen molar-refractivity contribution in [2.45, 2.75) is 20.3 Å². The first-order chi connectivity index (χ1) is 6.00. The minimum absolute atomic E-state index is 0.0810. The zero-order valence-electron chi connectivity index (χ0n) is 7.57. The van der Waals surface area contributed by atoms with E-state index < -0.39 is 5.82 Å². The first-order valence-electron chi connectivity index (χ1n) is 4.14. The molecule has 0 radical (unpaired) electrons. The van der Waals surface area contributed by atoms with Crippen LogP contribution in [0, 0.1) is 11.7 Å². The lowest BCUT2D eigenvalue weighted by molar-refractivity contribution is 0.613. The van der Waals surface area contributed by atoms with Gasteiger partial charge in [0.05, 0.1) is 5.02 Å². The number of hydrogen-bond acceptors (Lipinski definition) is 0. The van der Waals surface area contributed by atoms with Crippen molar-refractivity contribution in [3.63, 3.8) is 0 Å². The highest BCUT2D eigenvalue weighted by molar-refractivity contribution is 6.35. The lowest BCUT2D eigenvalue weighted by Crippen LogP contribution is -1.96. The SMILES string of the molecule is CC(C)Cc1cc(F)c(Cl)cc1Cl. The molecule has 0 aliphatic carbocycles. The van der Waals surface area contributed by atoms with Crippen molar-refractivity contribution in [1.29, 1.82) is 0 Å². The predicted octanol–water partition coefficient (Wildman–Crippen LogP) is 4.33. The molecule has 13 heavy (non-hydrogen) atoms. The van der Waals surface area contributed by atoms with E-state index >= 15 is 0 Å². The van der Waals surface area contributed by atoms with Crippen LogP contribution in [0.5, 0.6) is 0 Å². The third-order valence-corrected chi connectivity index (χ3v) is 2.36. The Kier molecular flexibility index (Phi) is 3.57. The first kappa shape index (κ1) is 10.8. The Morgan fingerprint density at radius 3 is 2.38 bits per heavy atom. The fraction of sp³-hybridized carbons (Fsp3) is 0.400. The Bertz CT molecular complexity index is 308. The van der Waals surface area contributed by atoms with Gasteiger partial charge in [0.2, 0.25) is 0 Å². The predicted molar refractivity (Wildman–Crippen MR) is 55.0 cm³/mol. The van der Waals surface area contributed by atoms with Gasteiger partial charge in [-0.15, -0.1) is 0 Å². The lowest BCUT2D eigenvalue weighted by atomic mass is 10.0. The topological polar surface area (TPSA) is 0 Å². The number of benzene rings is 1. The monoisotopic (exact) mass is 220 g/mol. The molecule has 1 rings (SSSR count). The van der Waals surface area contributed by atoms with Crippen LogP contribution in [0.1, 0.15) is 19.4 Å². The van der Waals surface area contributed by atoms with Crippen LogP contribution in [0.4, 0.5) is 4.39 Å². The molecule has 0 heterocycles.